The van der Waals surface area contributed by atoms with E-state index in [9.17, 15) is 14.0 Å². The Morgan fingerprint density at radius 1 is 1.27 bits per heavy atom. The number of benzene rings is 1. The third kappa shape index (κ3) is 2.83. The van der Waals surface area contributed by atoms with E-state index in [1.807, 2.05) is 4.90 Å². The molecular formula is C18H18FN5O2. The van der Waals surface area contributed by atoms with Gasteiger partial charge in [-0.2, -0.15) is 0 Å². The zero-order chi connectivity index (χ0) is 18.3. The van der Waals surface area contributed by atoms with Crippen molar-refractivity contribution in [1.29, 1.82) is 0 Å². The van der Waals surface area contributed by atoms with Crippen molar-refractivity contribution in [2.75, 3.05) is 23.3 Å². The number of halogens is 1. The standard InChI is InChI=1S/C18H18FN5O2/c1-11-8-16(25)24-17(21-11)13(10-20-24)18(26)22-12-4-5-15(14(19)9-12)23-6-2-3-7-23/h4-5,8-10,20H,2-3,6-7H2,1H3,(H,22,26). The molecule has 1 aliphatic rings. The van der Waals surface area contributed by atoms with E-state index >= 15 is 0 Å². The van der Waals surface area contributed by atoms with Crippen LogP contribution >= 0.6 is 0 Å². The van der Waals surface area contributed by atoms with Crippen molar-refractivity contribution in [2.45, 2.75) is 19.8 Å². The highest BCUT2D eigenvalue weighted by Gasteiger charge is 2.18. The minimum Gasteiger partial charge on any atom is -0.369 e. The Morgan fingerprint density at radius 3 is 2.77 bits per heavy atom. The molecule has 1 aliphatic heterocycles. The number of carbonyl (C=O) groups is 1. The number of hydrogen-bond donors (Lipinski definition) is 2. The molecule has 0 bridgehead atoms. The maximum Gasteiger partial charge on any atom is 0.272 e. The summed E-state index contributed by atoms with van der Waals surface area (Å²) in [6.07, 6.45) is 3.53. The normalized spacial score (nSPS) is 14.2. The Hall–Kier alpha value is -3.16. The fraction of sp³-hybridized carbons (Fsp3) is 0.278. The van der Waals surface area contributed by atoms with Gasteiger partial charge in [-0.15, -0.1) is 0 Å². The number of carbonyl (C=O) groups excluding carboxylic acids is 1. The Morgan fingerprint density at radius 2 is 2.04 bits per heavy atom. The molecule has 134 valence electrons. The number of anilines is 2. The molecule has 0 aliphatic carbocycles. The second-order valence-corrected chi connectivity index (χ2v) is 6.40. The van der Waals surface area contributed by atoms with Gasteiger partial charge in [-0.1, -0.05) is 0 Å². The number of aryl methyl sites for hydroxylation is 1. The van der Waals surface area contributed by atoms with E-state index in [0.717, 1.165) is 25.9 Å². The molecule has 26 heavy (non-hydrogen) atoms. The largest absolute Gasteiger partial charge is 0.369 e. The van der Waals surface area contributed by atoms with E-state index in [4.69, 9.17) is 0 Å². The molecular weight excluding hydrogens is 337 g/mol. The summed E-state index contributed by atoms with van der Waals surface area (Å²) in [6.45, 7) is 3.37. The molecule has 7 nitrogen and oxygen atoms in total. The van der Waals surface area contributed by atoms with Crippen LogP contribution in [0.1, 0.15) is 28.9 Å². The van der Waals surface area contributed by atoms with Gasteiger partial charge >= 0.3 is 0 Å². The molecule has 0 saturated carbocycles. The van der Waals surface area contributed by atoms with Crippen LogP contribution in [0.3, 0.4) is 0 Å². The number of hydrogen-bond acceptors (Lipinski definition) is 4. The van der Waals surface area contributed by atoms with E-state index in [1.54, 1.807) is 19.1 Å². The lowest BCUT2D eigenvalue weighted by molar-refractivity contribution is 0.102. The molecule has 2 N–H and O–H groups in total. The maximum atomic E-state index is 14.4. The fourth-order valence-electron chi connectivity index (χ4n) is 3.26. The van der Waals surface area contributed by atoms with E-state index in [2.05, 4.69) is 15.4 Å². The number of rotatable bonds is 3. The van der Waals surface area contributed by atoms with Crippen LogP contribution in [0, 0.1) is 12.7 Å². The Balaban J connectivity index is 1.60. The van der Waals surface area contributed by atoms with Crippen molar-refractivity contribution in [3.05, 3.63) is 57.9 Å². The van der Waals surface area contributed by atoms with Gasteiger partial charge in [0.15, 0.2) is 5.65 Å². The number of nitrogens with one attached hydrogen (secondary N) is 2. The fourth-order valence-corrected chi connectivity index (χ4v) is 3.26. The second kappa shape index (κ2) is 6.29. The topological polar surface area (TPSA) is 82.5 Å². The molecule has 1 amide bonds. The summed E-state index contributed by atoms with van der Waals surface area (Å²) in [6, 6.07) is 6.04. The first-order valence-electron chi connectivity index (χ1n) is 8.46. The monoisotopic (exact) mass is 355 g/mol. The quantitative estimate of drug-likeness (QED) is 0.755. The van der Waals surface area contributed by atoms with Gasteiger partial charge in [0, 0.05) is 36.7 Å². The average Bonchev–Trinajstić information content (AvgIpc) is 3.24. The van der Waals surface area contributed by atoms with Crippen LogP contribution in [-0.2, 0) is 0 Å². The van der Waals surface area contributed by atoms with Crippen LogP contribution < -0.4 is 15.8 Å². The molecule has 0 radical (unpaired) electrons. The van der Waals surface area contributed by atoms with E-state index in [0.29, 0.717) is 17.1 Å². The minimum absolute atomic E-state index is 0.217. The van der Waals surface area contributed by atoms with Crippen molar-refractivity contribution >= 4 is 22.9 Å². The predicted molar refractivity (Wildman–Crippen MR) is 96.3 cm³/mol. The van der Waals surface area contributed by atoms with Gasteiger partial charge in [0.05, 0.1) is 5.69 Å². The second-order valence-electron chi connectivity index (χ2n) is 6.40. The molecule has 8 heteroatoms. The maximum absolute atomic E-state index is 14.4. The summed E-state index contributed by atoms with van der Waals surface area (Å²) in [5.41, 5.74) is 1.58. The Labute approximate surface area is 148 Å². The number of aromatic nitrogens is 3. The van der Waals surface area contributed by atoms with Crippen molar-refractivity contribution in [3.8, 4) is 0 Å². The van der Waals surface area contributed by atoms with Crippen LogP contribution in [0.4, 0.5) is 15.8 Å². The van der Waals surface area contributed by atoms with Crippen LogP contribution in [0.5, 0.6) is 0 Å². The number of amides is 1. The zero-order valence-electron chi connectivity index (χ0n) is 14.3. The molecule has 1 aromatic carbocycles. The third-order valence-electron chi connectivity index (χ3n) is 4.52. The highest BCUT2D eigenvalue weighted by atomic mass is 19.1. The van der Waals surface area contributed by atoms with E-state index in [1.165, 1.54) is 22.8 Å². The molecule has 4 rings (SSSR count). The molecule has 1 saturated heterocycles. The van der Waals surface area contributed by atoms with Crippen LogP contribution in [0.15, 0.2) is 35.3 Å². The number of aromatic amines is 1. The van der Waals surface area contributed by atoms with Crippen LogP contribution in [0.25, 0.3) is 5.65 Å². The molecule has 2 aromatic heterocycles. The summed E-state index contributed by atoms with van der Waals surface area (Å²) in [4.78, 5) is 30.7. The lowest BCUT2D eigenvalue weighted by atomic mass is 10.2. The van der Waals surface area contributed by atoms with Gasteiger partial charge in [-0.05, 0) is 38.0 Å². The summed E-state index contributed by atoms with van der Waals surface area (Å²) in [5.74, 6) is -0.830. The van der Waals surface area contributed by atoms with Crippen LogP contribution in [0.2, 0.25) is 0 Å². The Kier molecular flexibility index (Phi) is 3.95. The van der Waals surface area contributed by atoms with Gasteiger partial charge in [-0.25, -0.2) is 13.9 Å². The van der Waals surface area contributed by atoms with Crippen LogP contribution in [-0.4, -0.2) is 33.6 Å². The summed E-state index contributed by atoms with van der Waals surface area (Å²) >= 11 is 0. The lowest BCUT2D eigenvalue weighted by Crippen LogP contribution is -2.19. The van der Waals surface area contributed by atoms with Gasteiger partial charge < -0.3 is 10.2 Å². The first-order chi connectivity index (χ1) is 12.5. The van der Waals surface area contributed by atoms with Gasteiger partial charge in [-0.3, -0.25) is 14.7 Å². The zero-order valence-corrected chi connectivity index (χ0v) is 14.3. The summed E-state index contributed by atoms with van der Waals surface area (Å²) in [5, 5.41) is 5.37. The van der Waals surface area contributed by atoms with Gasteiger partial charge in [0.2, 0.25) is 0 Å². The first-order valence-corrected chi connectivity index (χ1v) is 8.46. The summed E-state index contributed by atoms with van der Waals surface area (Å²) < 4.78 is 15.6. The Bertz CT molecular complexity index is 1050. The first kappa shape index (κ1) is 16.3. The number of H-pyrrole nitrogens is 1. The molecule has 3 aromatic rings. The van der Waals surface area contributed by atoms with E-state index < -0.39 is 5.91 Å². The van der Waals surface area contributed by atoms with Gasteiger partial charge in [0.25, 0.3) is 11.5 Å². The van der Waals surface area contributed by atoms with Crippen molar-refractivity contribution in [2.24, 2.45) is 0 Å². The number of fused-ring (bicyclic) bond motifs is 1. The average molecular weight is 355 g/mol. The SMILES string of the molecule is Cc1cc(=O)n2[nH]cc(C(=O)Nc3ccc(N4CCCC4)c(F)c3)c2n1. The molecule has 0 atom stereocenters. The smallest absolute Gasteiger partial charge is 0.272 e. The van der Waals surface area contributed by atoms with Crippen molar-refractivity contribution in [1.82, 2.24) is 14.6 Å². The highest BCUT2D eigenvalue weighted by molar-refractivity contribution is 6.08. The lowest BCUT2D eigenvalue weighted by Gasteiger charge is -2.18. The summed E-state index contributed by atoms with van der Waals surface area (Å²) in [7, 11) is 0. The predicted octanol–water partition coefficient (Wildman–Crippen LogP) is 2.32. The third-order valence-corrected chi connectivity index (χ3v) is 4.52. The van der Waals surface area contributed by atoms with Gasteiger partial charge in [0.1, 0.15) is 11.4 Å². The molecule has 0 spiro atoms. The highest BCUT2D eigenvalue weighted by Crippen LogP contribution is 2.26. The van der Waals surface area contributed by atoms with Crippen molar-refractivity contribution in [3.63, 3.8) is 0 Å². The number of nitrogens with zero attached hydrogens (tertiary/aromatic N) is 3. The molecule has 3 heterocycles. The minimum atomic E-state index is -0.463. The van der Waals surface area contributed by atoms with Crippen molar-refractivity contribution < 1.29 is 9.18 Å². The molecule has 1 fully saturated rings. The molecule has 0 unspecified atom stereocenters. The van der Waals surface area contributed by atoms with E-state index in [-0.39, 0.29) is 22.6 Å².